The quantitative estimate of drug-likeness (QED) is 0.523. The normalized spacial score (nSPS) is 25.4. The summed E-state index contributed by atoms with van der Waals surface area (Å²) in [6.07, 6.45) is 1.88. The lowest BCUT2D eigenvalue weighted by atomic mass is 10.2. The summed E-state index contributed by atoms with van der Waals surface area (Å²) < 4.78 is 0. The smallest absolute Gasteiger partial charge is 0.219 e. The molecule has 0 spiro atoms. The van der Waals surface area contributed by atoms with E-state index in [0.29, 0.717) is 0 Å². The number of hydrogen-bond acceptors (Lipinski definition) is 1. The first-order chi connectivity index (χ1) is 4.75. The Hall–Kier alpha value is -0.570. The van der Waals surface area contributed by atoms with Gasteiger partial charge < -0.3 is 4.90 Å². The van der Waals surface area contributed by atoms with Gasteiger partial charge in [-0.3, -0.25) is 4.79 Å². The van der Waals surface area contributed by atoms with Gasteiger partial charge in [0.2, 0.25) is 5.91 Å². The van der Waals surface area contributed by atoms with Gasteiger partial charge in [0, 0.05) is 13.5 Å². The monoisotopic (exact) mass is 142 g/mol. The molecule has 57 valence electrons. The molecule has 1 fully saturated rings. The second-order valence-electron chi connectivity index (χ2n) is 2.68. The van der Waals surface area contributed by atoms with E-state index in [0.717, 1.165) is 19.4 Å². The van der Waals surface area contributed by atoms with E-state index in [4.69, 9.17) is 0 Å². The van der Waals surface area contributed by atoms with Crippen molar-refractivity contribution in [3.05, 3.63) is 0 Å². The van der Waals surface area contributed by atoms with Crippen LogP contribution in [0.1, 0.15) is 19.8 Å². The Labute approximate surface area is 60.6 Å². The van der Waals surface area contributed by atoms with Crippen molar-refractivity contribution in [2.45, 2.75) is 25.8 Å². The van der Waals surface area contributed by atoms with E-state index >= 15 is 0 Å². The van der Waals surface area contributed by atoms with Gasteiger partial charge in [-0.1, -0.05) is 0 Å². The van der Waals surface area contributed by atoms with Crippen LogP contribution in [0.15, 0.2) is 0 Å². The second-order valence-corrected chi connectivity index (χ2v) is 2.68. The van der Waals surface area contributed by atoms with Crippen LogP contribution in [-0.4, -0.2) is 30.0 Å². The first-order valence-electron chi connectivity index (χ1n) is 3.61. The van der Waals surface area contributed by atoms with Gasteiger partial charge in [0.25, 0.3) is 0 Å². The van der Waals surface area contributed by atoms with Crippen molar-refractivity contribution < 1.29 is 9.90 Å². The maximum absolute atomic E-state index is 10.8. The van der Waals surface area contributed by atoms with Gasteiger partial charge in [0.15, 0.2) is 0 Å². The zero-order chi connectivity index (χ0) is 7.56. The molecule has 0 aromatic heterocycles. The van der Waals surface area contributed by atoms with Crippen molar-refractivity contribution in [3.8, 4) is 0 Å². The maximum Gasteiger partial charge on any atom is 0.219 e. The van der Waals surface area contributed by atoms with Crippen LogP contribution < -0.4 is 0 Å². The van der Waals surface area contributed by atoms with Crippen LogP contribution in [0.25, 0.3) is 0 Å². The van der Waals surface area contributed by atoms with Crippen LogP contribution in [0.5, 0.6) is 0 Å². The summed E-state index contributed by atoms with van der Waals surface area (Å²) in [5.41, 5.74) is 0. The summed E-state index contributed by atoms with van der Waals surface area (Å²) in [5.74, 6) is 0.0401. The van der Waals surface area contributed by atoms with Crippen LogP contribution >= 0.6 is 0 Å². The molecule has 10 heavy (non-hydrogen) atoms. The Morgan fingerprint density at radius 1 is 1.70 bits per heavy atom. The number of nitrogens with zero attached hydrogens (tertiary/aromatic N) is 1. The zero-order valence-corrected chi connectivity index (χ0v) is 6.17. The summed E-state index contributed by atoms with van der Waals surface area (Å²) >= 11 is 0. The first-order valence-corrected chi connectivity index (χ1v) is 3.61. The second kappa shape index (κ2) is 3.01. The molecule has 0 aromatic rings. The van der Waals surface area contributed by atoms with Crippen molar-refractivity contribution >= 4 is 5.91 Å². The predicted octanol–water partition coefficient (Wildman–Crippen LogP) is 0.428. The first kappa shape index (κ1) is 7.54. The molecule has 1 unspecified atom stereocenters. The third kappa shape index (κ3) is 1.29. The summed E-state index contributed by atoms with van der Waals surface area (Å²) in [5, 5.41) is 10.5. The van der Waals surface area contributed by atoms with Crippen molar-refractivity contribution in [1.29, 1.82) is 0 Å². The fourth-order valence-corrected chi connectivity index (χ4v) is 1.42. The van der Waals surface area contributed by atoms with Crippen molar-refractivity contribution in [1.82, 2.24) is 4.90 Å². The van der Waals surface area contributed by atoms with Crippen molar-refractivity contribution in [2.75, 3.05) is 13.2 Å². The van der Waals surface area contributed by atoms with Gasteiger partial charge in [0.1, 0.15) is 6.61 Å². The van der Waals surface area contributed by atoms with Crippen LogP contribution in [-0.2, 0) is 9.90 Å². The van der Waals surface area contributed by atoms with Gasteiger partial charge in [0.05, 0.1) is 6.04 Å². The van der Waals surface area contributed by atoms with Crippen molar-refractivity contribution in [2.24, 2.45) is 0 Å². The van der Waals surface area contributed by atoms with Gasteiger partial charge in [-0.05, 0) is 12.8 Å². The van der Waals surface area contributed by atoms with E-state index in [2.05, 4.69) is 0 Å². The van der Waals surface area contributed by atoms with E-state index in [9.17, 15) is 9.90 Å². The highest BCUT2D eigenvalue weighted by Gasteiger charge is 2.25. The standard InChI is InChI=1S/C7H12NO2/c1-6(10)8-4-2-3-7(8)5-9/h7H,2-5H2,1H3. The molecule has 1 heterocycles. The van der Waals surface area contributed by atoms with Gasteiger partial charge in [-0.2, -0.15) is 0 Å². The van der Waals surface area contributed by atoms with Crippen LogP contribution in [0.3, 0.4) is 0 Å². The van der Waals surface area contributed by atoms with Crippen LogP contribution in [0, 0.1) is 0 Å². The molecule has 3 nitrogen and oxygen atoms in total. The molecule has 0 N–H and O–H groups in total. The minimum absolute atomic E-state index is 0.0162. The topological polar surface area (TPSA) is 40.2 Å². The summed E-state index contributed by atoms with van der Waals surface area (Å²) in [6, 6.07) is -0.0162. The molecular weight excluding hydrogens is 130 g/mol. The number of rotatable bonds is 1. The maximum atomic E-state index is 10.8. The zero-order valence-electron chi connectivity index (χ0n) is 6.17. The molecule has 0 bridgehead atoms. The van der Waals surface area contributed by atoms with Gasteiger partial charge in [-0.15, -0.1) is 0 Å². The molecule has 1 aliphatic heterocycles. The number of carbonyl (C=O) groups is 1. The minimum Gasteiger partial charge on any atom is -0.338 e. The Balaban J connectivity index is 2.50. The molecule has 1 rings (SSSR count). The number of likely N-dealkylation sites (tertiary alicyclic amines) is 1. The van der Waals surface area contributed by atoms with Gasteiger partial charge in [-0.25, -0.2) is 5.11 Å². The van der Waals surface area contributed by atoms with E-state index in [1.54, 1.807) is 4.90 Å². The van der Waals surface area contributed by atoms with E-state index in [1.807, 2.05) is 0 Å². The van der Waals surface area contributed by atoms with E-state index in [-0.39, 0.29) is 18.6 Å². The molecule has 0 saturated carbocycles. The number of amides is 1. The highest BCUT2D eigenvalue weighted by Crippen LogP contribution is 2.16. The molecule has 0 aliphatic carbocycles. The summed E-state index contributed by atoms with van der Waals surface area (Å²) in [6.45, 7) is 2.16. The lowest BCUT2D eigenvalue weighted by molar-refractivity contribution is -0.130. The summed E-state index contributed by atoms with van der Waals surface area (Å²) in [7, 11) is 0. The summed E-state index contributed by atoms with van der Waals surface area (Å²) in [4.78, 5) is 12.5. The Morgan fingerprint density at radius 3 is 2.80 bits per heavy atom. The molecule has 1 radical (unpaired) electrons. The average molecular weight is 142 g/mol. The highest BCUT2D eigenvalue weighted by atomic mass is 16.3. The largest absolute Gasteiger partial charge is 0.338 e. The molecule has 1 aliphatic rings. The highest BCUT2D eigenvalue weighted by molar-refractivity contribution is 5.73. The third-order valence-corrected chi connectivity index (χ3v) is 1.97. The Morgan fingerprint density at radius 2 is 2.40 bits per heavy atom. The van der Waals surface area contributed by atoms with Crippen molar-refractivity contribution in [3.63, 3.8) is 0 Å². The Bertz CT molecular complexity index is 136. The SMILES string of the molecule is CC(=O)N1CCCC1C[O]. The molecule has 1 amide bonds. The van der Waals surface area contributed by atoms with E-state index in [1.165, 1.54) is 6.92 Å². The number of carbonyl (C=O) groups excluding carboxylic acids is 1. The average Bonchev–Trinajstić information content (AvgIpc) is 2.33. The number of hydrogen-bond donors (Lipinski definition) is 0. The molecule has 1 saturated heterocycles. The Kier molecular flexibility index (Phi) is 2.27. The third-order valence-electron chi connectivity index (χ3n) is 1.97. The lowest BCUT2D eigenvalue weighted by Crippen LogP contribution is -2.35. The fraction of sp³-hybridized carbons (Fsp3) is 0.857. The molecule has 0 aromatic carbocycles. The lowest BCUT2D eigenvalue weighted by Gasteiger charge is -2.19. The van der Waals surface area contributed by atoms with Crippen LogP contribution in [0.2, 0.25) is 0 Å². The molecular formula is C7H12NO2. The minimum atomic E-state index is -0.139. The molecule has 3 heteroatoms. The van der Waals surface area contributed by atoms with Crippen LogP contribution in [0.4, 0.5) is 0 Å². The molecule has 1 atom stereocenters. The van der Waals surface area contributed by atoms with E-state index < -0.39 is 0 Å². The fourth-order valence-electron chi connectivity index (χ4n) is 1.42. The predicted molar refractivity (Wildman–Crippen MR) is 36.0 cm³/mol. The van der Waals surface area contributed by atoms with Gasteiger partial charge >= 0.3 is 0 Å².